The maximum absolute atomic E-state index is 12.8. The molecule has 0 bridgehead atoms. The lowest BCUT2D eigenvalue weighted by atomic mass is 9.86. The summed E-state index contributed by atoms with van der Waals surface area (Å²) in [5.74, 6) is 0.575. The van der Waals surface area contributed by atoms with E-state index in [0.717, 1.165) is 36.8 Å². The second-order valence-corrected chi connectivity index (χ2v) is 7.07. The highest BCUT2D eigenvalue weighted by molar-refractivity contribution is 5.97. The van der Waals surface area contributed by atoms with E-state index in [-0.39, 0.29) is 24.5 Å². The third kappa shape index (κ3) is 3.15. The standard InChI is InChI=1S/C18H25N3O3/c1-11(2)16-15-8-13(9-19-17(15)24-20-16)18(23)21(3)14-6-4-12(10-22)5-7-14/h8-9,11-12,14,22H,4-7,10H2,1-3H3. The number of nitrogens with zero attached hydrogens (tertiary/aromatic N) is 3. The predicted molar refractivity (Wildman–Crippen MR) is 90.8 cm³/mol. The molecule has 1 saturated carbocycles. The van der Waals surface area contributed by atoms with E-state index in [1.807, 2.05) is 31.9 Å². The van der Waals surface area contributed by atoms with E-state index in [1.54, 1.807) is 6.20 Å². The zero-order chi connectivity index (χ0) is 17.3. The van der Waals surface area contributed by atoms with Gasteiger partial charge in [-0.15, -0.1) is 0 Å². The molecule has 0 unspecified atom stereocenters. The molecule has 1 aliphatic carbocycles. The van der Waals surface area contributed by atoms with Gasteiger partial charge in [0, 0.05) is 25.9 Å². The van der Waals surface area contributed by atoms with Crippen LogP contribution in [-0.2, 0) is 0 Å². The Morgan fingerprint density at radius 2 is 2.08 bits per heavy atom. The van der Waals surface area contributed by atoms with Crippen LogP contribution in [0.15, 0.2) is 16.8 Å². The van der Waals surface area contributed by atoms with Crippen molar-refractivity contribution >= 4 is 17.0 Å². The number of aliphatic hydroxyl groups excluding tert-OH is 1. The van der Waals surface area contributed by atoms with Crippen molar-refractivity contribution in [3.05, 3.63) is 23.5 Å². The van der Waals surface area contributed by atoms with E-state index in [0.29, 0.717) is 17.2 Å². The SMILES string of the molecule is CC(C)c1noc2ncc(C(=O)N(C)C3CCC(CO)CC3)cc12. The van der Waals surface area contributed by atoms with Gasteiger partial charge in [0.05, 0.1) is 16.6 Å². The monoisotopic (exact) mass is 331 g/mol. The van der Waals surface area contributed by atoms with Crippen molar-refractivity contribution in [1.82, 2.24) is 15.0 Å². The second kappa shape index (κ2) is 6.89. The number of amides is 1. The Kier molecular flexibility index (Phi) is 4.85. The van der Waals surface area contributed by atoms with Crippen molar-refractivity contribution in [2.24, 2.45) is 5.92 Å². The average molecular weight is 331 g/mol. The summed E-state index contributed by atoms with van der Waals surface area (Å²) in [7, 11) is 1.85. The molecule has 1 fully saturated rings. The van der Waals surface area contributed by atoms with Crippen molar-refractivity contribution in [3.63, 3.8) is 0 Å². The first-order valence-corrected chi connectivity index (χ1v) is 8.64. The Bertz CT molecular complexity index is 717. The summed E-state index contributed by atoms with van der Waals surface area (Å²) in [4.78, 5) is 18.9. The summed E-state index contributed by atoms with van der Waals surface area (Å²) >= 11 is 0. The highest BCUT2D eigenvalue weighted by Gasteiger charge is 2.27. The number of fused-ring (bicyclic) bond motifs is 1. The lowest BCUT2D eigenvalue weighted by Gasteiger charge is -2.34. The minimum atomic E-state index is -0.0206. The topological polar surface area (TPSA) is 79.5 Å². The van der Waals surface area contributed by atoms with E-state index < -0.39 is 0 Å². The third-order valence-electron chi connectivity index (χ3n) is 5.09. The number of rotatable bonds is 4. The molecule has 0 aromatic carbocycles. The van der Waals surface area contributed by atoms with Crippen molar-refractivity contribution < 1.29 is 14.4 Å². The molecule has 6 heteroatoms. The van der Waals surface area contributed by atoms with E-state index in [4.69, 9.17) is 4.52 Å². The van der Waals surface area contributed by atoms with E-state index in [2.05, 4.69) is 10.1 Å². The number of hydrogen-bond donors (Lipinski definition) is 1. The summed E-state index contributed by atoms with van der Waals surface area (Å²) in [5, 5.41) is 14.1. The Morgan fingerprint density at radius 1 is 1.38 bits per heavy atom. The third-order valence-corrected chi connectivity index (χ3v) is 5.09. The first-order valence-electron chi connectivity index (χ1n) is 8.64. The number of hydrogen-bond acceptors (Lipinski definition) is 5. The van der Waals surface area contributed by atoms with Crippen LogP contribution >= 0.6 is 0 Å². The number of carbonyl (C=O) groups is 1. The molecule has 2 aromatic heterocycles. The predicted octanol–water partition coefficient (Wildman–Crippen LogP) is 2.97. The van der Waals surface area contributed by atoms with E-state index in [1.165, 1.54) is 0 Å². The molecular formula is C18H25N3O3. The Hall–Kier alpha value is -1.95. The van der Waals surface area contributed by atoms with Crippen LogP contribution in [0.5, 0.6) is 0 Å². The molecule has 0 saturated heterocycles. The molecule has 0 aliphatic heterocycles. The fourth-order valence-corrected chi connectivity index (χ4v) is 3.47. The number of aromatic nitrogens is 2. The molecule has 1 aliphatic rings. The number of aliphatic hydroxyl groups is 1. The summed E-state index contributed by atoms with van der Waals surface area (Å²) in [6, 6.07) is 2.06. The van der Waals surface area contributed by atoms with Gasteiger partial charge >= 0.3 is 0 Å². The zero-order valence-corrected chi connectivity index (χ0v) is 14.5. The van der Waals surface area contributed by atoms with Gasteiger partial charge in [-0.2, -0.15) is 0 Å². The van der Waals surface area contributed by atoms with Crippen LogP contribution in [-0.4, -0.2) is 45.8 Å². The molecule has 6 nitrogen and oxygen atoms in total. The van der Waals surface area contributed by atoms with Crippen LogP contribution in [0.1, 0.15) is 61.5 Å². The number of carbonyl (C=O) groups excluding carboxylic acids is 1. The molecular weight excluding hydrogens is 306 g/mol. The van der Waals surface area contributed by atoms with Crippen molar-refractivity contribution in [2.45, 2.75) is 51.5 Å². The lowest BCUT2D eigenvalue weighted by molar-refractivity contribution is 0.0652. The molecule has 1 amide bonds. The van der Waals surface area contributed by atoms with Crippen LogP contribution < -0.4 is 0 Å². The largest absolute Gasteiger partial charge is 0.396 e. The van der Waals surface area contributed by atoms with Crippen LogP contribution in [0, 0.1) is 5.92 Å². The summed E-state index contributed by atoms with van der Waals surface area (Å²) in [6.07, 6.45) is 5.38. The highest BCUT2D eigenvalue weighted by Crippen LogP contribution is 2.28. The minimum absolute atomic E-state index is 0.0206. The Balaban J connectivity index is 1.79. The molecule has 1 N–H and O–H groups in total. The van der Waals surface area contributed by atoms with Gasteiger partial charge in [-0.3, -0.25) is 4.79 Å². The Morgan fingerprint density at radius 3 is 2.71 bits per heavy atom. The maximum Gasteiger partial charge on any atom is 0.257 e. The van der Waals surface area contributed by atoms with Gasteiger partial charge in [0.1, 0.15) is 0 Å². The molecule has 2 aromatic rings. The van der Waals surface area contributed by atoms with Crippen LogP contribution in [0.3, 0.4) is 0 Å². The van der Waals surface area contributed by atoms with Gasteiger partial charge in [0.2, 0.25) is 0 Å². The summed E-state index contributed by atoms with van der Waals surface area (Å²) < 4.78 is 5.24. The molecule has 2 heterocycles. The van der Waals surface area contributed by atoms with Crippen LogP contribution in [0.2, 0.25) is 0 Å². The van der Waals surface area contributed by atoms with Gasteiger partial charge in [-0.25, -0.2) is 4.98 Å². The Labute approximate surface area is 141 Å². The zero-order valence-electron chi connectivity index (χ0n) is 14.5. The maximum atomic E-state index is 12.8. The molecule has 24 heavy (non-hydrogen) atoms. The smallest absolute Gasteiger partial charge is 0.257 e. The van der Waals surface area contributed by atoms with Gasteiger partial charge in [-0.05, 0) is 43.6 Å². The normalized spacial score (nSPS) is 21.4. The second-order valence-electron chi connectivity index (χ2n) is 7.07. The van der Waals surface area contributed by atoms with Crippen molar-refractivity contribution in [2.75, 3.05) is 13.7 Å². The molecule has 0 radical (unpaired) electrons. The van der Waals surface area contributed by atoms with E-state index in [9.17, 15) is 9.90 Å². The molecule has 0 atom stereocenters. The summed E-state index contributed by atoms with van der Waals surface area (Å²) in [5.41, 5.74) is 1.87. The lowest BCUT2D eigenvalue weighted by Crippen LogP contribution is -2.39. The fourth-order valence-electron chi connectivity index (χ4n) is 3.47. The minimum Gasteiger partial charge on any atom is -0.396 e. The van der Waals surface area contributed by atoms with Gasteiger partial charge in [0.15, 0.2) is 0 Å². The quantitative estimate of drug-likeness (QED) is 0.931. The molecule has 130 valence electrons. The van der Waals surface area contributed by atoms with Crippen LogP contribution in [0.25, 0.3) is 11.1 Å². The average Bonchev–Trinajstić information content (AvgIpc) is 3.04. The number of pyridine rings is 1. The van der Waals surface area contributed by atoms with Gasteiger partial charge in [-0.1, -0.05) is 19.0 Å². The van der Waals surface area contributed by atoms with Gasteiger partial charge < -0.3 is 14.5 Å². The molecule has 0 spiro atoms. The first kappa shape index (κ1) is 16.9. The van der Waals surface area contributed by atoms with Gasteiger partial charge in [0.25, 0.3) is 11.6 Å². The highest BCUT2D eigenvalue weighted by atomic mass is 16.5. The van der Waals surface area contributed by atoms with Crippen LogP contribution in [0.4, 0.5) is 0 Å². The van der Waals surface area contributed by atoms with Crippen molar-refractivity contribution in [3.8, 4) is 0 Å². The summed E-state index contributed by atoms with van der Waals surface area (Å²) in [6.45, 7) is 4.32. The molecule has 3 rings (SSSR count). The fraction of sp³-hybridized carbons (Fsp3) is 0.611. The van der Waals surface area contributed by atoms with Crippen molar-refractivity contribution in [1.29, 1.82) is 0 Å². The first-order chi connectivity index (χ1) is 11.5. The van der Waals surface area contributed by atoms with E-state index >= 15 is 0 Å².